The van der Waals surface area contributed by atoms with Crippen molar-refractivity contribution in [3.05, 3.63) is 0 Å². The Bertz CT molecular complexity index is 156. The molecule has 1 aliphatic carbocycles. The summed E-state index contributed by atoms with van der Waals surface area (Å²) >= 11 is 0. The normalized spacial score (nSPS) is 33.9. The highest BCUT2D eigenvalue weighted by molar-refractivity contribution is 4.79. The van der Waals surface area contributed by atoms with Crippen LogP contribution in [0.1, 0.15) is 39.0 Å². The van der Waals surface area contributed by atoms with Crippen molar-refractivity contribution < 1.29 is 4.74 Å². The minimum Gasteiger partial charge on any atom is -0.377 e. The summed E-state index contributed by atoms with van der Waals surface area (Å²) in [6.07, 6.45) is 7.40. The molecule has 1 N–H and O–H groups in total. The van der Waals surface area contributed by atoms with E-state index in [0.29, 0.717) is 12.1 Å². The van der Waals surface area contributed by atoms with Gasteiger partial charge in [0.1, 0.15) is 0 Å². The third-order valence-electron chi connectivity index (χ3n) is 3.27. The first kappa shape index (κ1) is 9.47. The Labute approximate surface area is 81.0 Å². The van der Waals surface area contributed by atoms with Crippen LogP contribution < -0.4 is 5.32 Å². The highest BCUT2D eigenvalue weighted by Gasteiger charge is 2.24. The van der Waals surface area contributed by atoms with Gasteiger partial charge in [0.15, 0.2) is 0 Å². The molecule has 2 aliphatic rings. The maximum Gasteiger partial charge on any atom is 0.0700 e. The van der Waals surface area contributed by atoms with Gasteiger partial charge >= 0.3 is 0 Å². The van der Waals surface area contributed by atoms with Gasteiger partial charge in [-0.25, -0.2) is 0 Å². The average Bonchev–Trinajstić information content (AvgIpc) is 2.86. The largest absolute Gasteiger partial charge is 0.377 e. The molecule has 0 spiro atoms. The Morgan fingerprint density at radius 1 is 1.31 bits per heavy atom. The van der Waals surface area contributed by atoms with E-state index in [1.165, 1.54) is 38.6 Å². The second-order valence-corrected chi connectivity index (χ2v) is 4.51. The number of hydrogen-bond acceptors (Lipinski definition) is 2. The van der Waals surface area contributed by atoms with Crippen molar-refractivity contribution in [1.29, 1.82) is 0 Å². The average molecular weight is 183 g/mol. The van der Waals surface area contributed by atoms with Crippen LogP contribution in [0.3, 0.4) is 0 Å². The summed E-state index contributed by atoms with van der Waals surface area (Å²) in [5.74, 6) is 1.08. The lowest BCUT2D eigenvalue weighted by atomic mass is 10.1. The molecule has 76 valence electrons. The van der Waals surface area contributed by atoms with E-state index in [1.807, 2.05) is 0 Å². The topological polar surface area (TPSA) is 21.3 Å². The fourth-order valence-corrected chi connectivity index (χ4v) is 2.08. The van der Waals surface area contributed by atoms with Crippen LogP contribution in [0.2, 0.25) is 0 Å². The highest BCUT2D eigenvalue weighted by atomic mass is 16.5. The van der Waals surface area contributed by atoms with Crippen LogP contribution in [0.5, 0.6) is 0 Å². The minimum atomic E-state index is 0.431. The van der Waals surface area contributed by atoms with Gasteiger partial charge in [0, 0.05) is 12.6 Å². The summed E-state index contributed by atoms with van der Waals surface area (Å²) in [5.41, 5.74) is 0. The van der Waals surface area contributed by atoms with Crippen LogP contribution >= 0.6 is 0 Å². The third-order valence-corrected chi connectivity index (χ3v) is 3.27. The fourth-order valence-electron chi connectivity index (χ4n) is 2.08. The summed E-state index contributed by atoms with van der Waals surface area (Å²) in [6, 6.07) is 0.624. The maximum atomic E-state index is 5.49. The van der Waals surface area contributed by atoms with E-state index in [0.717, 1.165) is 12.5 Å². The third kappa shape index (κ3) is 2.96. The molecule has 0 amide bonds. The second-order valence-electron chi connectivity index (χ2n) is 4.51. The molecule has 2 unspecified atom stereocenters. The fraction of sp³-hybridized carbons (Fsp3) is 1.00. The zero-order chi connectivity index (χ0) is 9.10. The van der Waals surface area contributed by atoms with E-state index in [-0.39, 0.29) is 0 Å². The van der Waals surface area contributed by atoms with Crippen LogP contribution in [0.4, 0.5) is 0 Å². The maximum absolute atomic E-state index is 5.49. The van der Waals surface area contributed by atoms with Crippen molar-refractivity contribution in [3.63, 3.8) is 0 Å². The molecular formula is C11H21NO. The quantitative estimate of drug-likeness (QED) is 0.658. The molecule has 0 aromatic carbocycles. The molecule has 2 rings (SSSR count). The standard InChI is InChI=1S/C11H21NO/c1-9-11(6-8-13-9)12-7-2-3-10-4-5-10/h9-12H,2-8H2,1H3. The van der Waals surface area contributed by atoms with Crippen molar-refractivity contribution in [2.45, 2.75) is 51.2 Å². The van der Waals surface area contributed by atoms with Crippen LogP contribution in [0.25, 0.3) is 0 Å². The molecule has 13 heavy (non-hydrogen) atoms. The summed E-state index contributed by atoms with van der Waals surface area (Å²) in [7, 11) is 0. The van der Waals surface area contributed by atoms with Gasteiger partial charge in [-0.05, 0) is 38.6 Å². The van der Waals surface area contributed by atoms with E-state index < -0.39 is 0 Å². The van der Waals surface area contributed by atoms with Gasteiger partial charge in [-0.3, -0.25) is 0 Å². The molecule has 0 aromatic rings. The number of ether oxygens (including phenoxy) is 1. The van der Waals surface area contributed by atoms with Gasteiger partial charge in [-0.2, -0.15) is 0 Å². The van der Waals surface area contributed by atoms with Gasteiger partial charge in [0.25, 0.3) is 0 Å². The van der Waals surface area contributed by atoms with Crippen molar-refractivity contribution in [2.75, 3.05) is 13.2 Å². The van der Waals surface area contributed by atoms with Gasteiger partial charge in [-0.1, -0.05) is 12.8 Å². The summed E-state index contributed by atoms with van der Waals surface area (Å²) in [4.78, 5) is 0. The Balaban J connectivity index is 1.51. The smallest absolute Gasteiger partial charge is 0.0700 e. The molecule has 1 heterocycles. The number of nitrogens with one attached hydrogen (secondary N) is 1. The van der Waals surface area contributed by atoms with Crippen molar-refractivity contribution >= 4 is 0 Å². The molecule has 0 bridgehead atoms. The lowest BCUT2D eigenvalue weighted by molar-refractivity contribution is 0.113. The summed E-state index contributed by atoms with van der Waals surface area (Å²) in [5, 5.41) is 3.59. The zero-order valence-electron chi connectivity index (χ0n) is 8.59. The molecule has 2 fully saturated rings. The Hall–Kier alpha value is -0.0800. The lowest BCUT2D eigenvalue weighted by Gasteiger charge is -2.15. The second kappa shape index (κ2) is 4.43. The number of hydrogen-bond donors (Lipinski definition) is 1. The monoisotopic (exact) mass is 183 g/mol. The van der Waals surface area contributed by atoms with Crippen molar-refractivity contribution in [2.24, 2.45) is 5.92 Å². The molecule has 2 heteroatoms. The van der Waals surface area contributed by atoms with E-state index in [9.17, 15) is 0 Å². The zero-order valence-corrected chi connectivity index (χ0v) is 8.59. The van der Waals surface area contributed by atoms with E-state index >= 15 is 0 Å². The molecule has 1 aliphatic heterocycles. The lowest BCUT2D eigenvalue weighted by Crippen LogP contribution is -2.35. The summed E-state index contributed by atoms with van der Waals surface area (Å²) in [6.45, 7) is 4.31. The van der Waals surface area contributed by atoms with E-state index in [1.54, 1.807) is 0 Å². The molecule has 2 atom stereocenters. The molecule has 2 nitrogen and oxygen atoms in total. The Morgan fingerprint density at radius 3 is 2.77 bits per heavy atom. The first-order chi connectivity index (χ1) is 6.36. The molecular weight excluding hydrogens is 162 g/mol. The molecule has 0 aromatic heterocycles. The Kier molecular flexibility index (Phi) is 3.23. The van der Waals surface area contributed by atoms with Gasteiger partial charge in [0.2, 0.25) is 0 Å². The van der Waals surface area contributed by atoms with Crippen LogP contribution in [-0.4, -0.2) is 25.3 Å². The first-order valence-corrected chi connectivity index (χ1v) is 5.71. The first-order valence-electron chi connectivity index (χ1n) is 5.71. The van der Waals surface area contributed by atoms with Crippen LogP contribution in [0.15, 0.2) is 0 Å². The predicted octanol–water partition coefficient (Wildman–Crippen LogP) is 1.94. The molecule has 0 radical (unpaired) electrons. The predicted molar refractivity (Wildman–Crippen MR) is 53.8 cm³/mol. The van der Waals surface area contributed by atoms with Gasteiger partial charge in [0.05, 0.1) is 6.10 Å². The van der Waals surface area contributed by atoms with Crippen molar-refractivity contribution in [1.82, 2.24) is 5.32 Å². The Morgan fingerprint density at radius 2 is 2.15 bits per heavy atom. The SMILES string of the molecule is CC1OCCC1NCCCC1CC1. The van der Waals surface area contributed by atoms with E-state index in [4.69, 9.17) is 4.74 Å². The summed E-state index contributed by atoms with van der Waals surface area (Å²) < 4.78 is 5.49. The van der Waals surface area contributed by atoms with Crippen LogP contribution in [0, 0.1) is 5.92 Å². The van der Waals surface area contributed by atoms with Crippen molar-refractivity contribution in [3.8, 4) is 0 Å². The van der Waals surface area contributed by atoms with Crippen LogP contribution in [-0.2, 0) is 4.74 Å². The molecule has 1 saturated heterocycles. The number of rotatable bonds is 5. The van der Waals surface area contributed by atoms with Gasteiger partial charge < -0.3 is 10.1 Å². The minimum absolute atomic E-state index is 0.431. The highest BCUT2D eigenvalue weighted by Crippen LogP contribution is 2.33. The molecule has 1 saturated carbocycles. The van der Waals surface area contributed by atoms with Gasteiger partial charge in [-0.15, -0.1) is 0 Å². The van der Waals surface area contributed by atoms with E-state index in [2.05, 4.69) is 12.2 Å².